The Bertz CT molecular complexity index is 942. The van der Waals surface area contributed by atoms with E-state index < -0.39 is 13.0 Å². The molecule has 3 aromatic heterocycles. The van der Waals surface area contributed by atoms with Gasteiger partial charge in [-0.25, -0.2) is 13.8 Å². The number of carbonyl (C=O) groups is 1. The summed E-state index contributed by atoms with van der Waals surface area (Å²) in [6.45, 7) is 1.46. The number of alkyl halides is 2. The van der Waals surface area contributed by atoms with E-state index in [-0.39, 0.29) is 11.8 Å². The maximum Gasteiger partial charge on any atom is 0.272 e. The third-order valence-corrected chi connectivity index (χ3v) is 3.70. The van der Waals surface area contributed by atoms with Gasteiger partial charge in [0.2, 0.25) is 5.88 Å². The molecule has 0 saturated heterocycles. The van der Waals surface area contributed by atoms with Crippen molar-refractivity contribution in [3.05, 3.63) is 47.5 Å². The molecule has 0 unspecified atom stereocenters. The lowest BCUT2D eigenvalue weighted by Crippen LogP contribution is -2.19. The third-order valence-electron chi connectivity index (χ3n) is 3.70. The summed E-state index contributed by atoms with van der Waals surface area (Å²) in [7, 11) is 1.54. The van der Waals surface area contributed by atoms with Crippen molar-refractivity contribution in [2.75, 3.05) is 13.7 Å². The molecule has 136 valence electrons. The van der Waals surface area contributed by atoms with Crippen molar-refractivity contribution in [2.45, 2.75) is 19.9 Å². The van der Waals surface area contributed by atoms with Crippen LogP contribution in [-0.4, -0.2) is 45.7 Å². The van der Waals surface area contributed by atoms with Crippen LogP contribution in [0.15, 0.2) is 30.7 Å². The van der Waals surface area contributed by atoms with Gasteiger partial charge >= 0.3 is 0 Å². The first kappa shape index (κ1) is 17.7. The van der Waals surface area contributed by atoms with Crippen LogP contribution in [0, 0.1) is 6.92 Å². The smallest absolute Gasteiger partial charge is 0.272 e. The number of amides is 1. The summed E-state index contributed by atoms with van der Waals surface area (Å²) < 4.78 is 31.1. The molecule has 3 rings (SSSR count). The summed E-state index contributed by atoms with van der Waals surface area (Å²) >= 11 is 0. The number of pyridine rings is 2. The first-order valence-electron chi connectivity index (χ1n) is 7.88. The van der Waals surface area contributed by atoms with Crippen LogP contribution >= 0.6 is 0 Å². The number of nitrogens with zero attached hydrogens (tertiary/aromatic N) is 4. The Hall–Kier alpha value is -3.10. The van der Waals surface area contributed by atoms with Gasteiger partial charge in [-0.3, -0.25) is 14.5 Å². The lowest BCUT2D eigenvalue weighted by Gasteiger charge is -2.09. The molecule has 0 bridgehead atoms. The molecule has 26 heavy (non-hydrogen) atoms. The number of carbonyl (C=O) groups excluding carboxylic acids is 1. The number of aromatic nitrogens is 4. The van der Waals surface area contributed by atoms with E-state index in [1.807, 2.05) is 0 Å². The quantitative estimate of drug-likeness (QED) is 0.728. The van der Waals surface area contributed by atoms with E-state index in [1.165, 1.54) is 6.20 Å². The van der Waals surface area contributed by atoms with Crippen LogP contribution in [0.5, 0.6) is 5.88 Å². The van der Waals surface area contributed by atoms with Crippen LogP contribution < -0.4 is 10.1 Å². The van der Waals surface area contributed by atoms with Crippen LogP contribution in [0.4, 0.5) is 8.78 Å². The average molecular weight is 361 g/mol. The minimum Gasteiger partial charge on any atom is -0.471 e. The van der Waals surface area contributed by atoms with Gasteiger partial charge in [-0.05, 0) is 24.6 Å². The highest BCUT2D eigenvalue weighted by Crippen LogP contribution is 2.19. The molecule has 3 aromatic rings. The van der Waals surface area contributed by atoms with Crippen LogP contribution in [-0.2, 0) is 6.54 Å². The van der Waals surface area contributed by atoms with Crippen LogP contribution in [0.2, 0.25) is 0 Å². The van der Waals surface area contributed by atoms with E-state index in [0.717, 1.165) is 5.56 Å². The number of halogens is 2. The number of nitrogens with one attached hydrogen (secondary N) is 1. The molecule has 0 saturated carbocycles. The normalized spacial score (nSPS) is 11.1. The maximum atomic E-state index is 12.2. The Balaban J connectivity index is 1.83. The maximum absolute atomic E-state index is 12.2. The van der Waals surface area contributed by atoms with Gasteiger partial charge in [-0.2, -0.15) is 5.10 Å². The fourth-order valence-corrected chi connectivity index (χ4v) is 2.56. The largest absolute Gasteiger partial charge is 0.471 e. The summed E-state index contributed by atoms with van der Waals surface area (Å²) in [6, 6.07) is 3.53. The Morgan fingerprint density at radius 2 is 2.19 bits per heavy atom. The Kier molecular flexibility index (Phi) is 5.06. The van der Waals surface area contributed by atoms with E-state index in [0.29, 0.717) is 28.7 Å². The zero-order valence-electron chi connectivity index (χ0n) is 14.2. The average Bonchev–Trinajstić information content (AvgIpc) is 3.02. The van der Waals surface area contributed by atoms with Crippen LogP contribution in [0.25, 0.3) is 10.9 Å². The molecule has 0 spiro atoms. The molecule has 3 heterocycles. The molecule has 0 aliphatic carbocycles. The summed E-state index contributed by atoms with van der Waals surface area (Å²) in [5.74, 6) is -0.0982. The van der Waals surface area contributed by atoms with Gasteiger partial charge in [-0.15, -0.1) is 0 Å². The molecule has 7 nitrogen and oxygen atoms in total. The fraction of sp³-hybridized carbons (Fsp3) is 0.294. The molecule has 0 radical (unpaired) electrons. The topological polar surface area (TPSA) is 81.9 Å². The lowest BCUT2D eigenvalue weighted by molar-refractivity contribution is 0.0792. The molecular formula is C17H17F2N5O2. The van der Waals surface area contributed by atoms with E-state index in [4.69, 9.17) is 4.74 Å². The number of aryl methyl sites for hydroxylation is 1. The molecule has 9 heteroatoms. The SMILES string of the molecule is CNC(=O)c1nccc2nn(Cc3cnc(OCC(F)F)c(C)c3)cc12. The van der Waals surface area contributed by atoms with Gasteiger partial charge in [0.15, 0.2) is 6.61 Å². The zero-order valence-corrected chi connectivity index (χ0v) is 14.2. The van der Waals surface area contributed by atoms with Crippen molar-refractivity contribution in [3.8, 4) is 5.88 Å². The highest BCUT2D eigenvalue weighted by atomic mass is 19.3. The molecule has 1 N–H and O–H groups in total. The van der Waals surface area contributed by atoms with Gasteiger partial charge in [0.25, 0.3) is 12.3 Å². The molecule has 0 aromatic carbocycles. The highest BCUT2D eigenvalue weighted by Gasteiger charge is 2.13. The summed E-state index contributed by atoms with van der Waals surface area (Å²) in [5.41, 5.74) is 2.45. The van der Waals surface area contributed by atoms with Crippen LogP contribution in [0.3, 0.4) is 0 Å². The molecule has 0 aliphatic heterocycles. The van der Waals surface area contributed by atoms with E-state index in [9.17, 15) is 13.6 Å². The number of fused-ring (bicyclic) bond motifs is 1. The van der Waals surface area contributed by atoms with Crippen molar-refractivity contribution in [2.24, 2.45) is 0 Å². The monoisotopic (exact) mass is 361 g/mol. The van der Waals surface area contributed by atoms with Gasteiger partial charge in [0.05, 0.1) is 17.4 Å². The Morgan fingerprint density at radius 1 is 1.38 bits per heavy atom. The Labute approximate surface area is 148 Å². The van der Waals surface area contributed by atoms with Gasteiger partial charge in [0.1, 0.15) is 5.69 Å². The molecule has 0 atom stereocenters. The predicted octanol–water partition coefficient (Wildman–Crippen LogP) is 2.19. The molecular weight excluding hydrogens is 344 g/mol. The number of hydrogen-bond acceptors (Lipinski definition) is 5. The second-order valence-electron chi connectivity index (χ2n) is 5.67. The zero-order chi connectivity index (χ0) is 18.7. The second-order valence-corrected chi connectivity index (χ2v) is 5.67. The van der Waals surface area contributed by atoms with Crippen molar-refractivity contribution < 1.29 is 18.3 Å². The van der Waals surface area contributed by atoms with Crippen molar-refractivity contribution in [1.29, 1.82) is 0 Å². The minimum atomic E-state index is -2.55. The standard InChI is InChI=1S/C17H17F2N5O2/c1-10-5-11(6-22-17(10)26-9-14(18)19)7-24-8-12-13(23-24)3-4-21-15(12)16(25)20-2/h3-6,8,14H,7,9H2,1-2H3,(H,20,25). The number of hydrogen-bond donors (Lipinski definition) is 1. The van der Waals surface area contributed by atoms with E-state index in [2.05, 4.69) is 20.4 Å². The third kappa shape index (κ3) is 3.76. The van der Waals surface area contributed by atoms with Gasteiger partial charge in [0, 0.05) is 31.2 Å². The number of rotatable bonds is 6. The Morgan fingerprint density at radius 3 is 2.88 bits per heavy atom. The molecule has 1 amide bonds. The second kappa shape index (κ2) is 7.42. The summed E-state index contributed by atoms with van der Waals surface area (Å²) in [5, 5.41) is 7.63. The first-order valence-corrected chi connectivity index (χ1v) is 7.88. The van der Waals surface area contributed by atoms with Crippen molar-refractivity contribution in [1.82, 2.24) is 25.1 Å². The lowest BCUT2D eigenvalue weighted by atomic mass is 10.2. The number of ether oxygens (including phenoxy) is 1. The molecule has 0 aliphatic rings. The van der Waals surface area contributed by atoms with Gasteiger partial charge in [-0.1, -0.05) is 0 Å². The van der Waals surface area contributed by atoms with Crippen LogP contribution in [0.1, 0.15) is 21.6 Å². The van der Waals surface area contributed by atoms with Gasteiger partial charge < -0.3 is 10.1 Å². The summed E-state index contributed by atoms with van der Waals surface area (Å²) in [4.78, 5) is 20.1. The first-order chi connectivity index (χ1) is 12.5. The molecule has 0 fully saturated rings. The summed E-state index contributed by atoms with van der Waals surface area (Å²) in [6.07, 6.45) is 2.28. The highest BCUT2D eigenvalue weighted by molar-refractivity contribution is 6.03. The minimum absolute atomic E-state index is 0.186. The predicted molar refractivity (Wildman–Crippen MR) is 90.5 cm³/mol. The van der Waals surface area contributed by atoms with E-state index >= 15 is 0 Å². The van der Waals surface area contributed by atoms with E-state index in [1.54, 1.807) is 43.2 Å². The fourth-order valence-electron chi connectivity index (χ4n) is 2.56. The van der Waals surface area contributed by atoms with Crippen molar-refractivity contribution >= 4 is 16.8 Å². The van der Waals surface area contributed by atoms with Crippen molar-refractivity contribution in [3.63, 3.8) is 0 Å².